The minimum Gasteiger partial charge on any atom is -0.496 e. The van der Waals surface area contributed by atoms with Crippen LogP contribution in [-0.4, -0.2) is 45.9 Å². The number of guanidine groups is 1. The lowest BCUT2D eigenvalue weighted by Crippen LogP contribution is -2.38. The molecule has 0 saturated carbocycles. The van der Waals surface area contributed by atoms with Crippen LogP contribution in [0.2, 0.25) is 0 Å². The van der Waals surface area contributed by atoms with Gasteiger partial charge in [0.05, 0.1) is 7.11 Å². The molecule has 0 amide bonds. The molecule has 0 saturated heterocycles. The fourth-order valence-electron chi connectivity index (χ4n) is 2.27. The van der Waals surface area contributed by atoms with E-state index < -0.39 is 0 Å². The number of methoxy groups -OCH3 is 1. The highest BCUT2D eigenvalue weighted by Crippen LogP contribution is 2.17. The number of nitrogens with one attached hydrogen (secondary N) is 2. The molecule has 0 unspecified atom stereocenters. The molecule has 0 aromatic heterocycles. The Hall–Kier alpha value is -1.75. The highest BCUT2D eigenvalue weighted by atomic mass is 16.5. The number of hydrogen-bond donors (Lipinski definition) is 2. The molecule has 5 heteroatoms. The third-order valence-corrected chi connectivity index (χ3v) is 3.58. The molecule has 0 aliphatic rings. The predicted octanol–water partition coefficient (Wildman–Crippen LogP) is 3.00. The molecule has 0 radical (unpaired) electrons. The van der Waals surface area contributed by atoms with Crippen LogP contribution in [0, 0.1) is 0 Å². The quantitative estimate of drug-likeness (QED) is 0.350. The Morgan fingerprint density at radius 1 is 1.08 bits per heavy atom. The molecular formula is C19H33N3O2. The maximum atomic E-state index is 5.56. The smallest absolute Gasteiger partial charge is 0.191 e. The molecule has 1 aromatic carbocycles. The topological polar surface area (TPSA) is 54.9 Å². The molecule has 0 atom stereocenters. The first-order chi connectivity index (χ1) is 11.8. The first-order valence-corrected chi connectivity index (χ1v) is 9.03. The van der Waals surface area contributed by atoms with Crippen LogP contribution in [0.4, 0.5) is 0 Å². The zero-order chi connectivity index (χ0) is 17.5. The maximum Gasteiger partial charge on any atom is 0.191 e. The summed E-state index contributed by atoms with van der Waals surface area (Å²) < 4.78 is 10.9. The number of rotatable bonds is 12. The normalized spacial score (nSPS) is 11.4. The van der Waals surface area contributed by atoms with E-state index >= 15 is 0 Å². The summed E-state index contributed by atoms with van der Waals surface area (Å²) in [6.45, 7) is 8.34. The molecule has 0 heterocycles. The van der Waals surface area contributed by atoms with Gasteiger partial charge in [0.2, 0.25) is 0 Å². The first-order valence-electron chi connectivity index (χ1n) is 9.03. The van der Waals surface area contributed by atoms with E-state index in [0.717, 1.165) is 63.8 Å². The van der Waals surface area contributed by atoms with Crippen LogP contribution < -0.4 is 15.4 Å². The number of para-hydroxylation sites is 1. The third kappa shape index (κ3) is 8.77. The second kappa shape index (κ2) is 13.7. The fraction of sp³-hybridized carbons (Fsp3) is 0.632. The summed E-state index contributed by atoms with van der Waals surface area (Å²) in [6.07, 6.45) is 4.16. The van der Waals surface area contributed by atoms with Gasteiger partial charge in [-0.3, -0.25) is 4.99 Å². The van der Waals surface area contributed by atoms with Crippen LogP contribution in [0.15, 0.2) is 29.3 Å². The molecule has 0 aliphatic heterocycles. The molecule has 5 nitrogen and oxygen atoms in total. The van der Waals surface area contributed by atoms with Crippen molar-refractivity contribution in [3.05, 3.63) is 29.8 Å². The number of hydrogen-bond acceptors (Lipinski definition) is 3. The van der Waals surface area contributed by atoms with Gasteiger partial charge in [-0.2, -0.15) is 0 Å². The van der Waals surface area contributed by atoms with Crippen LogP contribution in [0.25, 0.3) is 0 Å². The average Bonchev–Trinajstić information content (AvgIpc) is 2.61. The summed E-state index contributed by atoms with van der Waals surface area (Å²) in [4.78, 5) is 4.59. The van der Waals surface area contributed by atoms with E-state index in [0.29, 0.717) is 0 Å². The predicted molar refractivity (Wildman–Crippen MR) is 101 cm³/mol. The molecule has 1 aromatic rings. The largest absolute Gasteiger partial charge is 0.496 e. The van der Waals surface area contributed by atoms with Gasteiger partial charge < -0.3 is 20.1 Å². The Morgan fingerprint density at radius 2 is 1.88 bits per heavy atom. The van der Waals surface area contributed by atoms with Gasteiger partial charge in [-0.15, -0.1) is 0 Å². The highest BCUT2D eigenvalue weighted by molar-refractivity contribution is 5.79. The zero-order valence-corrected chi connectivity index (χ0v) is 15.4. The second-order valence-electron chi connectivity index (χ2n) is 5.57. The van der Waals surface area contributed by atoms with E-state index in [-0.39, 0.29) is 0 Å². The minimum absolute atomic E-state index is 0.774. The van der Waals surface area contributed by atoms with Crippen LogP contribution >= 0.6 is 0 Å². The summed E-state index contributed by atoms with van der Waals surface area (Å²) in [5.41, 5.74) is 1.20. The van der Waals surface area contributed by atoms with Gasteiger partial charge in [-0.05, 0) is 37.8 Å². The monoisotopic (exact) mass is 335 g/mol. The molecule has 24 heavy (non-hydrogen) atoms. The minimum atomic E-state index is 0.774. The summed E-state index contributed by atoms with van der Waals surface area (Å²) in [7, 11) is 1.71. The van der Waals surface area contributed by atoms with E-state index in [4.69, 9.17) is 9.47 Å². The lowest BCUT2D eigenvalue weighted by molar-refractivity contribution is 0.130. The zero-order valence-electron chi connectivity index (χ0n) is 15.4. The lowest BCUT2D eigenvalue weighted by atomic mass is 10.1. The van der Waals surface area contributed by atoms with Crippen molar-refractivity contribution in [3.63, 3.8) is 0 Å². The highest BCUT2D eigenvalue weighted by Gasteiger charge is 2.02. The SMILES string of the molecule is CCCCOCCCN=C(NCC)NCCc1ccccc1OC. The molecular weight excluding hydrogens is 302 g/mol. The number of ether oxygens (including phenoxy) is 2. The summed E-state index contributed by atoms with van der Waals surface area (Å²) in [5.74, 6) is 1.80. The van der Waals surface area contributed by atoms with Gasteiger partial charge >= 0.3 is 0 Å². The van der Waals surface area contributed by atoms with Crippen molar-refractivity contribution >= 4 is 5.96 Å². The van der Waals surface area contributed by atoms with Crippen molar-refractivity contribution in [2.75, 3.05) is 40.0 Å². The number of aliphatic imine (C=N–C) groups is 1. The second-order valence-corrected chi connectivity index (χ2v) is 5.57. The Morgan fingerprint density at radius 3 is 2.62 bits per heavy atom. The van der Waals surface area contributed by atoms with Crippen LogP contribution in [0.3, 0.4) is 0 Å². The van der Waals surface area contributed by atoms with Crippen LogP contribution in [0.5, 0.6) is 5.75 Å². The van der Waals surface area contributed by atoms with Gasteiger partial charge in [0.25, 0.3) is 0 Å². The maximum absolute atomic E-state index is 5.56. The molecule has 0 fully saturated rings. The van der Waals surface area contributed by atoms with Gasteiger partial charge in [0, 0.05) is 32.8 Å². The van der Waals surface area contributed by atoms with Crippen molar-refractivity contribution < 1.29 is 9.47 Å². The molecule has 0 aliphatic carbocycles. The van der Waals surface area contributed by atoms with E-state index in [9.17, 15) is 0 Å². The summed E-state index contributed by atoms with van der Waals surface area (Å²) in [6, 6.07) is 8.12. The summed E-state index contributed by atoms with van der Waals surface area (Å²) in [5, 5.41) is 6.65. The fourth-order valence-corrected chi connectivity index (χ4v) is 2.27. The molecule has 136 valence electrons. The van der Waals surface area contributed by atoms with Crippen molar-refractivity contribution in [2.24, 2.45) is 4.99 Å². The summed E-state index contributed by atoms with van der Waals surface area (Å²) >= 11 is 0. The van der Waals surface area contributed by atoms with Crippen molar-refractivity contribution in [2.45, 2.75) is 39.5 Å². The average molecular weight is 335 g/mol. The Labute approximate surface area is 146 Å². The Kier molecular flexibility index (Phi) is 11.6. The van der Waals surface area contributed by atoms with E-state index in [1.54, 1.807) is 7.11 Å². The van der Waals surface area contributed by atoms with Gasteiger partial charge in [-0.1, -0.05) is 31.5 Å². The molecule has 0 spiro atoms. The molecule has 1 rings (SSSR count). The van der Waals surface area contributed by atoms with Crippen LogP contribution in [0.1, 0.15) is 38.7 Å². The van der Waals surface area contributed by atoms with Crippen LogP contribution in [-0.2, 0) is 11.2 Å². The first kappa shape index (κ1) is 20.3. The van der Waals surface area contributed by atoms with Crippen molar-refractivity contribution in [1.82, 2.24) is 10.6 Å². The van der Waals surface area contributed by atoms with E-state index in [1.807, 2.05) is 18.2 Å². The van der Waals surface area contributed by atoms with E-state index in [2.05, 4.69) is 35.5 Å². The Balaban J connectivity index is 2.30. The number of unbranched alkanes of at least 4 members (excludes halogenated alkanes) is 1. The van der Waals surface area contributed by atoms with Crippen molar-refractivity contribution in [1.29, 1.82) is 0 Å². The third-order valence-electron chi connectivity index (χ3n) is 3.58. The number of nitrogens with zero attached hydrogens (tertiary/aromatic N) is 1. The standard InChI is InChI=1S/C19H33N3O2/c1-4-6-15-24-16-9-13-21-19(20-5-2)22-14-12-17-10-7-8-11-18(17)23-3/h7-8,10-11H,4-6,9,12-16H2,1-3H3,(H2,20,21,22). The Bertz CT molecular complexity index is 464. The molecule has 2 N–H and O–H groups in total. The van der Waals surface area contributed by atoms with Crippen molar-refractivity contribution in [3.8, 4) is 5.75 Å². The van der Waals surface area contributed by atoms with Gasteiger partial charge in [-0.25, -0.2) is 0 Å². The number of benzene rings is 1. The van der Waals surface area contributed by atoms with E-state index in [1.165, 1.54) is 12.0 Å². The molecule has 0 bridgehead atoms. The van der Waals surface area contributed by atoms with Gasteiger partial charge in [0.15, 0.2) is 5.96 Å². The van der Waals surface area contributed by atoms with Gasteiger partial charge in [0.1, 0.15) is 5.75 Å². The lowest BCUT2D eigenvalue weighted by Gasteiger charge is -2.12.